The van der Waals surface area contributed by atoms with Gasteiger partial charge in [-0.15, -0.1) is 0 Å². The molecule has 0 aromatic carbocycles. The summed E-state index contributed by atoms with van der Waals surface area (Å²) >= 11 is 0. The van der Waals surface area contributed by atoms with Gasteiger partial charge in [-0.05, 0) is 12.1 Å². The molecule has 0 fully saturated rings. The summed E-state index contributed by atoms with van der Waals surface area (Å²) in [5.74, 6) is 0. The van der Waals surface area contributed by atoms with E-state index >= 15 is 0 Å². The Morgan fingerprint density at radius 1 is 1.23 bits per heavy atom. The number of hydrogen-bond donors (Lipinski definition) is 0. The van der Waals surface area contributed by atoms with E-state index in [9.17, 15) is 9.59 Å². The topological polar surface area (TPSA) is 71.8 Å². The van der Waals surface area contributed by atoms with E-state index in [4.69, 9.17) is 0 Å². The van der Waals surface area contributed by atoms with Gasteiger partial charge in [0.15, 0.2) is 0 Å². The first-order valence-corrected chi connectivity index (χ1v) is 3.43. The van der Waals surface area contributed by atoms with Gasteiger partial charge in [0.1, 0.15) is 0 Å². The molecule has 0 amide bonds. The van der Waals surface area contributed by atoms with E-state index in [2.05, 4.69) is 15.0 Å². The highest BCUT2D eigenvalue weighted by atomic mass is 16.1. The summed E-state index contributed by atoms with van der Waals surface area (Å²) in [5, 5.41) is 0. The van der Waals surface area contributed by atoms with Crippen LogP contribution >= 0.6 is 0 Å². The second kappa shape index (κ2) is 4.72. The zero-order valence-corrected chi connectivity index (χ0v) is 6.54. The van der Waals surface area contributed by atoms with E-state index in [0.717, 1.165) is 0 Å². The number of carbonyl (C=O) groups excluding carboxylic acids is 2. The molecule has 1 rings (SSSR count). The molecule has 5 heteroatoms. The molecule has 1 aromatic heterocycles. The van der Waals surface area contributed by atoms with Crippen LogP contribution in [0.4, 0.5) is 0 Å². The normalized spacial score (nSPS) is 10.8. The summed E-state index contributed by atoms with van der Waals surface area (Å²) < 4.78 is 0. The zero-order chi connectivity index (χ0) is 9.52. The predicted octanol–water partition coefficient (Wildman–Crippen LogP) is 0.752. The number of pyridine rings is 1. The average molecular weight is 175 g/mol. The Morgan fingerprint density at radius 2 is 1.92 bits per heavy atom. The van der Waals surface area contributed by atoms with Crippen LogP contribution in [0.5, 0.6) is 0 Å². The number of aliphatic imine (C=N–C) groups is 2. The Morgan fingerprint density at radius 3 is 2.38 bits per heavy atom. The lowest BCUT2D eigenvalue weighted by atomic mass is 10.3. The van der Waals surface area contributed by atoms with Gasteiger partial charge in [-0.2, -0.15) is 9.98 Å². The van der Waals surface area contributed by atoms with Crippen molar-refractivity contribution in [2.24, 2.45) is 9.98 Å². The largest absolute Gasteiger partial charge is 0.257 e. The van der Waals surface area contributed by atoms with Crippen LogP contribution < -0.4 is 0 Å². The van der Waals surface area contributed by atoms with Gasteiger partial charge < -0.3 is 0 Å². The van der Waals surface area contributed by atoms with Crippen LogP contribution in [0.2, 0.25) is 0 Å². The Hall–Kier alpha value is -2.09. The summed E-state index contributed by atoms with van der Waals surface area (Å²) in [4.78, 5) is 30.4. The predicted molar refractivity (Wildman–Crippen MR) is 43.2 cm³/mol. The molecule has 0 saturated heterocycles. The van der Waals surface area contributed by atoms with Gasteiger partial charge in [0.25, 0.3) is 0 Å². The van der Waals surface area contributed by atoms with Crippen LogP contribution in [0.15, 0.2) is 34.4 Å². The molecular weight excluding hydrogens is 170 g/mol. The monoisotopic (exact) mass is 175 g/mol. The molecule has 13 heavy (non-hydrogen) atoms. The van der Waals surface area contributed by atoms with Crippen LogP contribution in [0.3, 0.4) is 0 Å². The molecule has 0 aliphatic carbocycles. The van der Waals surface area contributed by atoms with Crippen molar-refractivity contribution in [2.75, 3.05) is 0 Å². The van der Waals surface area contributed by atoms with Crippen LogP contribution in [0, 0.1) is 0 Å². The maximum Gasteiger partial charge on any atom is 0.237 e. The highest BCUT2D eigenvalue weighted by Gasteiger charge is 2.07. The number of nitrogens with zero attached hydrogens (tertiary/aromatic N) is 3. The first kappa shape index (κ1) is 9.00. The molecule has 0 N–H and O–H groups in total. The minimum Gasteiger partial charge on any atom is -0.257 e. The second-order valence-electron chi connectivity index (χ2n) is 2.07. The lowest BCUT2D eigenvalue weighted by Gasteiger charge is -1.99. The SMILES string of the molecule is O=C=NC(N=C=O)c1ccccn1. The Labute approximate surface area is 73.9 Å². The molecular formula is C8H5N3O2. The fraction of sp³-hybridized carbons (Fsp3) is 0.125. The van der Waals surface area contributed by atoms with Crippen LogP contribution in [0.25, 0.3) is 0 Å². The summed E-state index contributed by atoms with van der Waals surface area (Å²) in [6.45, 7) is 0. The van der Waals surface area contributed by atoms with Crippen LogP contribution in [0.1, 0.15) is 11.9 Å². The molecule has 0 bridgehead atoms. The maximum absolute atomic E-state index is 9.95. The van der Waals surface area contributed by atoms with Gasteiger partial charge in [0, 0.05) is 6.20 Å². The highest BCUT2D eigenvalue weighted by Crippen LogP contribution is 2.13. The van der Waals surface area contributed by atoms with Crippen molar-refractivity contribution in [3.8, 4) is 0 Å². The third kappa shape index (κ3) is 2.45. The fourth-order valence-electron chi connectivity index (χ4n) is 0.790. The standard InChI is InChI=1S/C8H5N3O2/c12-5-10-8(11-6-13)7-3-1-2-4-9-7/h1-4,8H. The lowest BCUT2D eigenvalue weighted by molar-refractivity contribution is 0.550. The molecule has 0 aliphatic rings. The molecule has 5 nitrogen and oxygen atoms in total. The molecule has 0 aliphatic heterocycles. The maximum atomic E-state index is 9.95. The molecule has 0 unspecified atom stereocenters. The quantitative estimate of drug-likeness (QED) is 0.502. The van der Waals surface area contributed by atoms with E-state index < -0.39 is 6.17 Å². The van der Waals surface area contributed by atoms with Crippen molar-refractivity contribution in [1.82, 2.24) is 4.98 Å². The fourth-order valence-corrected chi connectivity index (χ4v) is 0.790. The summed E-state index contributed by atoms with van der Waals surface area (Å²) in [6.07, 6.45) is 3.22. The molecule has 1 aromatic rings. The molecule has 0 spiro atoms. The number of aromatic nitrogens is 1. The van der Waals surface area contributed by atoms with Crippen molar-refractivity contribution in [3.05, 3.63) is 30.1 Å². The van der Waals surface area contributed by atoms with Gasteiger partial charge in [-0.25, -0.2) is 9.59 Å². The first-order valence-electron chi connectivity index (χ1n) is 3.43. The number of rotatable bonds is 3. The van der Waals surface area contributed by atoms with Crippen molar-refractivity contribution >= 4 is 12.2 Å². The Bertz CT molecular complexity index is 346. The smallest absolute Gasteiger partial charge is 0.237 e. The third-order valence-electron chi connectivity index (χ3n) is 1.30. The number of hydrogen-bond acceptors (Lipinski definition) is 5. The van der Waals surface area contributed by atoms with Gasteiger partial charge in [-0.1, -0.05) is 6.07 Å². The number of isocyanates is 2. The molecule has 64 valence electrons. The average Bonchev–Trinajstić information content (AvgIpc) is 2.19. The van der Waals surface area contributed by atoms with Gasteiger partial charge in [-0.3, -0.25) is 4.98 Å². The van der Waals surface area contributed by atoms with Crippen molar-refractivity contribution in [3.63, 3.8) is 0 Å². The molecule has 1 heterocycles. The summed E-state index contributed by atoms with van der Waals surface area (Å²) in [6, 6.07) is 5.01. The zero-order valence-electron chi connectivity index (χ0n) is 6.54. The van der Waals surface area contributed by atoms with Gasteiger partial charge >= 0.3 is 0 Å². The molecule has 0 saturated carbocycles. The second-order valence-corrected chi connectivity index (χ2v) is 2.07. The van der Waals surface area contributed by atoms with Crippen LogP contribution in [-0.2, 0) is 9.59 Å². The summed E-state index contributed by atoms with van der Waals surface area (Å²) in [5.41, 5.74) is 0.411. The van der Waals surface area contributed by atoms with E-state index in [-0.39, 0.29) is 0 Å². The summed E-state index contributed by atoms with van der Waals surface area (Å²) in [7, 11) is 0. The lowest BCUT2D eigenvalue weighted by Crippen LogP contribution is -1.93. The van der Waals surface area contributed by atoms with E-state index in [1.807, 2.05) is 0 Å². The minimum atomic E-state index is -0.920. The van der Waals surface area contributed by atoms with E-state index in [1.54, 1.807) is 18.2 Å². The highest BCUT2D eigenvalue weighted by molar-refractivity contribution is 5.38. The van der Waals surface area contributed by atoms with Gasteiger partial charge in [0.2, 0.25) is 18.3 Å². The first-order chi connectivity index (χ1) is 6.38. The third-order valence-corrected chi connectivity index (χ3v) is 1.30. The van der Waals surface area contributed by atoms with Crippen molar-refractivity contribution in [1.29, 1.82) is 0 Å². The molecule has 0 atom stereocenters. The van der Waals surface area contributed by atoms with E-state index in [0.29, 0.717) is 5.69 Å². The Balaban J connectivity index is 3.01. The van der Waals surface area contributed by atoms with Crippen LogP contribution in [-0.4, -0.2) is 17.1 Å². The van der Waals surface area contributed by atoms with E-state index in [1.165, 1.54) is 18.4 Å². The Kier molecular flexibility index (Phi) is 3.27. The van der Waals surface area contributed by atoms with Crippen molar-refractivity contribution in [2.45, 2.75) is 6.17 Å². The van der Waals surface area contributed by atoms with Gasteiger partial charge in [0.05, 0.1) is 5.69 Å². The molecule has 0 radical (unpaired) electrons. The minimum absolute atomic E-state index is 0.411. The van der Waals surface area contributed by atoms with Crippen molar-refractivity contribution < 1.29 is 9.59 Å².